The second-order valence-electron chi connectivity index (χ2n) is 4.02. The van der Waals surface area contributed by atoms with Gasteiger partial charge in [-0.15, -0.1) is 0 Å². The van der Waals surface area contributed by atoms with Gasteiger partial charge in [0.1, 0.15) is 11.2 Å². The van der Waals surface area contributed by atoms with E-state index in [2.05, 4.69) is 10.3 Å². The number of nitrogens with zero attached hydrogens (tertiary/aromatic N) is 2. The summed E-state index contributed by atoms with van der Waals surface area (Å²) in [5.41, 5.74) is 0.898. The molecule has 0 aromatic carbocycles. The maximum atomic E-state index is 12.0. The fourth-order valence-corrected chi connectivity index (χ4v) is 2.16. The summed E-state index contributed by atoms with van der Waals surface area (Å²) in [7, 11) is 0. The van der Waals surface area contributed by atoms with Crippen molar-refractivity contribution in [1.29, 1.82) is 0 Å². The molecule has 1 saturated heterocycles. The Kier molecular flexibility index (Phi) is 4.38. The number of carbonyl (C=O) groups excluding carboxylic acids is 1. The van der Waals surface area contributed by atoms with E-state index < -0.39 is 0 Å². The van der Waals surface area contributed by atoms with Gasteiger partial charge in [-0.05, 0) is 19.1 Å². The van der Waals surface area contributed by atoms with Crippen LogP contribution in [0.4, 0.5) is 5.69 Å². The minimum Gasteiger partial charge on any atom is -0.377 e. The van der Waals surface area contributed by atoms with Crippen LogP contribution in [0, 0.1) is 0 Å². The van der Waals surface area contributed by atoms with Crippen molar-refractivity contribution in [1.82, 2.24) is 10.3 Å². The third-order valence-electron chi connectivity index (χ3n) is 2.82. The van der Waals surface area contributed by atoms with Crippen LogP contribution in [0.2, 0.25) is 5.15 Å². The third-order valence-corrected chi connectivity index (χ3v) is 3.03. The zero-order valence-electron chi connectivity index (χ0n) is 10.2. The van der Waals surface area contributed by atoms with Gasteiger partial charge in [0.15, 0.2) is 0 Å². The van der Waals surface area contributed by atoms with Gasteiger partial charge in [0.05, 0.1) is 13.2 Å². The molecular formula is C12H16ClN3O2. The smallest absolute Gasteiger partial charge is 0.245 e. The molecule has 0 radical (unpaired) electrons. The fourth-order valence-electron chi connectivity index (χ4n) is 1.99. The number of amides is 1. The molecule has 1 N–H and O–H groups in total. The highest BCUT2D eigenvalue weighted by Gasteiger charge is 2.29. The number of hydrogen-bond acceptors (Lipinski definition) is 4. The average molecular weight is 270 g/mol. The van der Waals surface area contributed by atoms with Gasteiger partial charge in [-0.25, -0.2) is 4.98 Å². The molecule has 1 aromatic heterocycles. The Morgan fingerprint density at radius 2 is 2.56 bits per heavy atom. The van der Waals surface area contributed by atoms with Crippen LogP contribution < -0.4 is 10.2 Å². The van der Waals surface area contributed by atoms with Crippen molar-refractivity contribution in [2.24, 2.45) is 0 Å². The number of nitrogens with one attached hydrogen (secondary N) is 1. The van der Waals surface area contributed by atoms with Gasteiger partial charge in [-0.2, -0.15) is 0 Å². The number of carbonyl (C=O) groups is 1. The van der Waals surface area contributed by atoms with Crippen LogP contribution in [0.3, 0.4) is 0 Å². The molecule has 1 amide bonds. The van der Waals surface area contributed by atoms with Crippen molar-refractivity contribution in [3.63, 3.8) is 0 Å². The topological polar surface area (TPSA) is 54.5 Å². The molecule has 0 spiro atoms. The predicted octanol–water partition coefficient (Wildman–Crippen LogP) is 1.08. The summed E-state index contributed by atoms with van der Waals surface area (Å²) in [6.45, 7) is 4.18. The summed E-state index contributed by atoms with van der Waals surface area (Å²) >= 11 is 5.88. The maximum Gasteiger partial charge on any atom is 0.245 e. The summed E-state index contributed by atoms with van der Waals surface area (Å²) in [4.78, 5) is 17.9. The zero-order chi connectivity index (χ0) is 13.0. The lowest BCUT2D eigenvalue weighted by atomic mass is 10.2. The second-order valence-corrected chi connectivity index (χ2v) is 4.40. The molecule has 1 aliphatic rings. The first-order chi connectivity index (χ1) is 8.72. The standard InChI is InChI=1S/C12H16ClN3O2/c1-2-14-12(17)10-8-18-6-5-16(10)9-3-4-15-11(13)7-9/h3-4,7,10H,2,5-6,8H2,1H3,(H,14,17). The van der Waals surface area contributed by atoms with Crippen LogP contribution in [-0.2, 0) is 9.53 Å². The molecule has 18 heavy (non-hydrogen) atoms. The van der Waals surface area contributed by atoms with Crippen LogP contribution >= 0.6 is 11.6 Å². The Hall–Kier alpha value is -1.33. The Bertz CT molecular complexity index is 428. The highest BCUT2D eigenvalue weighted by Crippen LogP contribution is 2.21. The summed E-state index contributed by atoms with van der Waals surface area (Å²) in [5, 5.41) is 3.25. The van der Waals surface area contributed by atoms with Gasteiger partial charge in [-0.1, -0.05) is 11.6 Å². The number of rotatable bonds is 3. The fraction of sp³-hybridized carbons (Fsp3) is 0.500. The Balaban J connectivity index is 2.20. The van der Waals surface area contributed by atoms with E-state index in [9.17, 15) is 4.79 Å². The van der Waals surface area contributed by atoms with Crippen LogP contribution in [0.5, 0.6) is 0 Å². The maximum absolute atomic E-state index is 12.0. The lowest BCUT2D eigenvalue weighted by Gasteiger charge is -2.36. The van der Waals surface area contributed by atoms with Crippen molar-refractivity contribution in [3.8, 4) is 0 Å². The van der Waals surface area contributed by atoms with Crippen molar-refractivity contribution >= 4 is 23.2 Å². The SMILES string of the molecule is CCNC(=O)C1COCCN1c1ccnc(Cl)c1. The summed E-state index contributed by atoms with van der Waals surface area (Å²) in [6, 6.07) is 3.31. The molecule has 98 valence electrons. The van der Waals surface area contributed by atoms with Crippen LogP contribution in [0.15, 0.2) is 18.3 Å². The van der Waals surface area contributed by atoms with Crippen molar-refractivity contribution in [2.75, 3.05) is 31.2 Å². The van der Waals surface area contributed by atoms with E-state index in [4.69, 9.17) is 16.3 Å². The van der Waals surface area contributed by atoms with Crippen LogP contribution in [0.1, 0.15) is 6.92 Å². The van der Waals surface area contributed by atoms with Gasteiger partial charge in [0.2, 0.25) is 5.91 Å². The molecule has 2 heterocycles. The number of ether oxygens (including phenoxy) is 1. The van der Waals surface area contributed by atoms with E-state index in [0.29, 0.717) is 31.5 Å². The molecule has 0 bridgehead atoms. The highest BCUT2D eigenvalue weighted by molar-refractivity contribution is 6.29. The summed E-state index contributed by atoms with van der Waals surface area (Å²) < 4.78 is 5.38. The number of aromatic nitrogens is 1. The van der Waals surface area contributed by atoms with E-state index in [1.165, 1.54) is 0 Å². The minimum atomic E-state index is -0.308. The van der Waals surface area contributed by atoms with Crippen molar-refractivity contribution in [3.05, 3.63) is 23.5 Å². The summed E-state index contributed by atoms with van der Waals surface area (Å²) in [5.74, 6) is -0.0230. The molecule has 1 atom stereocenters. The lowest BCUT2D eigenvalue weighted by Crippen LogP contribution is -2.54. The summed E-state index contributed by atoms with van der Waals surface area (Å²) in [6.07, 6.45) is 1.64. The molecule has 1 aromatic rings. The molecule has 1 fully saturated rings. The van der Waals surface area contributed by atoms with Gasteiger partial charge in [0.25, 0.3) is 0 Å². The second kappa shape index (κ2) is 6.02. The first kappa shape index (κ1) is 13.1. The van der Waals surface area contributed by atoms with Crippen LogP contribution in [-0.4, -0.2) is 43.2 Å². The Morgan fingerprint density at radius 1 is 1.72 bits per heavy atom. The number of morpholine rings is 1. The Morgan fingerprint density at radius 3 is 3.28 bits per heavy atom. The van der Waals surface area contributed by atoms with Gasteiger partial charge in [0, 0.05) is 25.0 Å². The number of likely N-dealkylation sites (N-methyl/N-ethyl adjacent to an activating group) is 1. The van der Waals surface area contributed by atoms with Crippen molar-refractivity contribution in [2.45, 2.75) is 13.0 Å². The molecule has 6 heteroatoms. The zero-order valence-corrected chi connectivity index (χ0v) is 11.0. The predicted molar refractivity (Wildman–Crippen MR) is 69.9 cm³/mol. The minimum absolute atomic E-state index is 0.0230. The monoisotopic (exact) mass is 269 g/mol. The number of anilines is 1. The van der Waals surface area contributed by atoms with Gasteiger partial charge in [-0.3, -0.25) is 4.79 Å². The average Bonchev–Trinajstić information content (AvgIpc) is 2.39. The van der Waals surface area contributed by atoms with E-state index >= 15 is 0 Å². The number of hydrogen-bond donors (Lipinski definition) is 1. The normalized spacial score (nSPS) is 19.7. The van der Waals surface area contributed by atoms with Crippen molar-refractivity contribution < 1.29 is 9.53 Å². The van der Waals surface area contributed by atoms with E-state index in [1.54, 1.807) is 12.3 Å². The first-order valence-corrected chi connectivity index (χ1v) is 6.34. The van der Waals surface area contributed by atoms with E-state index in [-0.39, 0.29) is 11.9 Å². The molecule has 0 saturated carbocycles. The molecular weight excluding hydrogens is 254 g/mol. The molecule has 2 rings (SSSR count). The first-order valence-electron chi connectivity index (χ1n) is 5.96. The van der Waals surface area contributed by atoms with E-state index in [0.717, 1.165) is 5.69 Å². The largest absolute Gasteiger partial charge is 0.377 e. The van der Waals surface area contributed by atoms with Crippen LogP contribution in [0.25, 0.3) is 0 Å². The quantitative estimate of drug-likeness (QED) is 0.835. The number of halogens is 1. The lowest BCUT2D eigenvalue weighted by molar-refractivity contribution is -0.124. The molecule has 5 nitrogen and oxygen atoms in total. The van der Waals surface area contributed by atoms with Gasteiger partial charge < -0.3 is 15.0 Å². The molecule has 1 aliphatic heterocycles. The van der Waals surface area contributed by atoms with E-state index in [1.807, 2.05) is 17.9 Å². The third kappa shape index (κ3) is 2.91. The van der Waals surface area contributed by atoms with Gasteiger partial charge >= 0.3 is 0 Å². The molecule has 1 unspecified atom stereocenters. The molecule has 0 aliphatic carbocycles. The number of pyridine rings is 1. The highest BCUT2D eigenvalue weighted by atomic mass is 35.5. The Labute approximate surface area is 111 Å².